The van der Waals surface area contributed by atoms with Gasteiger partial charge in [-0.2, -0.15) is 0 Å². The van der Waals surface area contributed by atoms with Crippen molar-refractivity contribution in [3.63, 3.8) is 0 Å². The van der Waals surface area contributed by atoms with Gasteiger partial charge in [-0.15, -0.1) is 0 Å². The van der Waals surface area contributed by atoms with E-state index in [1.165, 1.54) is 6.20 Å². The van der Waals surface area contributed by atoms with Gasteiger partial charge in [-0.1, -0.05) is 12.0 Å². The van der Waals surface area contributed by atoms with Crippen molar-refractivity contribution >= 4 is 39.9 Å². The second-order valence-electron chi connectivity index (χ2n) is 9.93. The van der Waals surface area contributed by atoms with Crippen molar-refractivity contribution in [3.8, 4) is 23.1 Å². The molecular formula is C33H32N8O. The number of hydrogen-bond acceptors (Lipinski definition) is 7. The lowest BCUT2D eigenvalue weighted by atomic mass is 10.0. The zero-order valence-corrected chi connectivity index (χ0v) is 24.2. The number of aromatic nitrogens is 4. The van der Waals surface area contributed by atoms with Crippen molar-refractivity contribution in [2.45, 2.75) is 26.8 Å². The first-order chi connectivity index (χ1) is 20.3. The Kier molecular flexibility index (Phi) is 8.09. The van der Waals surface area contributed by atoms with Crippen LogP contribution >= 0.6 is 0 Å². The topological polar surface area (TPSA) is 123 Å². The molecule has 210 valence electrons. The van der Waals surface area contributed by atoms with Crippen LogP contribution in [0.15, 0.2) is 72.1 Å². The highest BCUT2D eigenvalue weighted by molar-refractivity contribution is 6.11. The fraction of sp³-hybridized carbons (Fsp3) is 0.182. The quantitative estimate of drug-likeness (QED) is 0.209. The number of nitrogens with zero attached hydrogens (tertiary/aromatic N) is 5. The van der Waals surface area contributed by atoms with Crippen molar-refractivity contribution in [2.24, 2.45) is 10.7 Å². The van der Waals surface area contributed by atoms with Gasteiger partial charge in [0.2, 0.25) is 5.91 Å². The Morgan fingerprint density at radius 2 is 1.93 bits per heavy atom. The molecule has 0 aliphatic rings. The summed E-state index contributed by atoms with van der Waals surface area (Å²) in [5, 5.41) is 7.97. The highest BCUT2D eigenvalue weighted by Gasteiger charge is 2.21. The first-order valence-electron chi connectivity index (χ1n) is 13.5. The van der Waals surface area contributed by atoms with Gasteiger partial charge in [-0.3, -0.25) is 19.2 Å². The zero-order valence-electron chi connectivity index (χ0n) is 24.2. The van der Waals surface area contributed by atoms with Gasteiger partial charge in [0.1, 0.15) is 22.9 Å². The van der Waals surface area contributed by atoms with Crippen molar-refractivity contribution in [2.75, 3.05) is 19.4 Å². The normalized spacial score (nSPS) is 12.5. The minimum atomic E-state index is -0.393. The number of imidazole rings is 1. The number of nitrogens with two attached hydrogens (primary N) is 1. The lowest BCUT2D eigenvalue weighted by molar-refractivity contribution is -0.117. The van der Waals surface area contributed by atoms with E-state index in [4.69, 9.17) is 15.7 Å². The van der Waals surface area contributed by atoms with E-state index in [1.807, 2.05) is 66.9 Å². The maximum atomic E-state index is 12.7. The second kappa shape index (κ2) is 12.0. The summed E-state index contributed by atoms with van der Waals surface area (Å²) in [5.41, 5.74) is 12.9. The summed E-state index contributed by atoms with van der Waals surface area (Å²) in [5.74, 6) is 6.75. The zero-order chi connectivity index (χ0) is 29.8. The van der Waals surface area contributed by atoms with Gasteiger partial charge in [0.05, 0.1) is 11.7 Å². The highest BCUT2D eigenvalue weighted by Crippen LogP contribution is 2.32. The van der Waals surface area contributed by atoms with E-state index in [1.54, 1.807) is 39.5 Å². The maximum Gasteiger partial charge on any atom is 0.242 e. The smallest absolute Gasteiger partial charge is 0.242 e. The minimum absolute atomic E-state index is 0.200. The number of allylic oxidation sites excluding steroid dienone is 1. The van der Waals surface area contributed by atoms with Crippen molar-refractivity contribution in [1.82, 2.24) is 24.7 Å². The molecule has 0 bridgehead atoms. The van der Waals surface area contributed by atoms with Crippen LogP contribution in [0.25, 0.3) is 33.3 Å². The Morgan fingerprint density at radius 3 is 2.69 bits per heavy atom. The molecule has 0 saturated carbocycles. The van der Waals surface area contributed by atoms with E-state index in [2.05, 4.69) is 32.5 Å². The molecular weight excluding hydrogens is 524 g/mol. The molecule has 0 aliphatic heterocycles. The molecule has 5 rings (SSSR count). The average Bonchev–Trinajstić information content (AvgIpc) is 3.36. The molecule has 0 fully saturated rings. The number of pyridine rings is 3. The van der Waals surface area contributed by atoms with E-state index in [0.29, 0.717) is 22.8 Å². The summed E-state index contributed by atoms with van der Waals surface area (Å²) in [4.78, 5) is 30.9. The molecule has 0 aliphatic carbocycles. The maximum absolute atomic E-state index is 12.7. The van der Waals surface area contributed by atoms with Crippen LogP contribution in [-0.2, 0) is 4.79 Å². The largest absolute Gasteiger partial charge is 0.404 e. The number of carbonyl (C=O) groups excluding carboxylic acids is 1. The molecule has 4 N–H and O–H groups in total. The number of benzene rings is 1. The molecule has 0 saturated heterocycles. The van der Waals surface area contributed by atoms with Crippen LogP contribution in [0.5, 0.6) is 0 Å². The third-order valence-electron chi connectivity index (χ3n) is 7.02. The molecule has 0 unspecified atom stereocenters. The second-order valence-corrected chi connectivity index (χ2v) is 9.93. The standard InChI is InChI=1S/C33H32N8O/c1-20-13-15-41-30(16-20)40-31(25(18-34)19-35-4)32(41)27-9-11-29(39-33(42)22(3)36-5)38-28(27)10-7-23-6-8-26-21(2)37-14-12-24(26)17-23/h6,8-9,11-19,22,36H,34H2,1-5H3,(H,38,39,42)/t22-/m0/s1. The van der Waals surface area contributed by atoms with E-state index in [9.17, 15) is 4.79 Å². The molecule has 0 spiro atoms. The summed E-state index contributed by atoms with van der Waals surface area (Å²) < 4.78 is 1.99. The molecule has 4 heterocycles. The van der Waals surface area contributed by atoms with Gasteiger partial charge in [-0.05, 0) is 87.2 Å². The fourth-order valence-corrected chi connectivity index (χ4v) is 4.65. The molecule has 5 aromatic rings. The Hall–Kier alpha value is -5.33. The summed E-state index contributed by atoms with van der Waals surface area (Å²) in [6.45, 7) is 5.79. The Bertz CT molecular complexity index is 1940. The molecule has 1 aromatic carbocycles. The molecule has 4 aromatic heterocycles. The molecule has 42 heavy (non-hydrogen) atoms. The molecule has 1 amide bonds. The Balaban J connectivity index is 1.72. The average molecular weight is 557 g/mol. The van der Waals surface area contributed by atoms with E-state index in [0.717, 1.165) is 44.5 Å². The van der Waals surface area contributed by atoms with Gasteiger partial charge in [-0.25, -0.2) is 9.97 Å². The van der Waals surface area contributed by atoms with Crippen LogP contribution in [0.1, 0.15) is 35.1 Å². The van der Waals surface area contributed by atoms with Crippen LogP contribution in [0.4, 0.5) is 5.82 Å². The van der Waals surface area contributed by atoms with Gasteiger partial charge in [0, 0.05) is 59.6 Å². The molecule has 1 atom stereocenters. The van der Waals surface area contributed by atoms with Crippen LogP contribution in [0.2, 0.25) is 0 Å². The van der Waals surface area contributed by atoms with Crippen molar-refractivity contribution in [3.05, 3.63) is 95.3 Å². The number of carbonyl (C=O) groups is 1. The highest BCUT2D eigenvalue weighted by atomic mass is 16.2. The monoisotopic (exact) mass is 556 g/mol. The summed E-state index contributed by atoms with van der Waals surface area (Å²) in [6, 6.07) is 15.3. The van der Waals surface area contributed by atoms with Gasteiger partial charge in [0.15, 0.2) is 0 Å². The van der Waals surface area contributed by atoms with Crippen LogP contribution in [0, 0.1) is 25.7 Å². The van der Waals surface area contributed by atoms with Gasteiger partial charge < -0.3 is 16.4 Å². The van der Waals surface area contributed by atoms with Crippen LogP contribution < -0.4 is 16.4 Å². The number of rotatable bonds is 6. The number of fused-ring (bicyclic) bond motifs is 2. The van der Waals surface area contributed by atoms with Gasteiger partial charge in [0.25, 0.3) is 0 Å². The van der Waals surface area contributed by atoms with Crippen LogP contribution in [-0.4, -0.2) is 51.6 Å². The summed E-state index contributed by atoms with van der Waals surface area (Å²) >= 11 is 0. The third-order valence-corrected chi connectivity index (χ3v) is 7.02. The lowest BCUT2D eigenvalue weighted by Crippen LogP contribution is -2.35. The first kappa shape index (κ1) is 28.2. The third kappa shape index (κ3) is 5.61. The number of anilines is 1. The van der Waals surface area contributed by atoms with Crippen LogP contribution in [0.3, 0.4) is 0 Å². The lowest BCUT2D eigenvalue weighted by Gasteiger charge is -2.13. The van der Waals surface area contributed by atoms with E-state index >= 15 is 0 Å². The number of hydrogen-bond donors (Lipinski definition) is 3. The van der Waals surface area contributed by atoms with Crippen molar-refractivity contribution in [1.29, 1.82) is 0 Å². The Labute approximate surface area is 244 Å². The van der Waals surface area contributed by atoms with Crippen molar-refractivity contribution < 1.29 is 4.79 Å². The number of likely N-dealkylation sites (N-methyl/N-ethyl adjacent to an activating group) is 1. The molecule has 9 nitrogen and oxygen atoms in total. The predicted octanol–water partition coefficient (Wildman–Crippen LogP) is 4.51. The minimum Gasteiger partial charge on any atom is -0.404 e. The number of aryl methyl sites for hydroxylation is 2. The molecule has 0 radical (unpaired) electrons. The fourth-order valence-electron chi connectivity index (χ4n) is 4.65. The van der Waals surface area contributed by atoms with Gasteiger partial charge >= 0.3 is 0 Å². The van der Waals surface area contributed by atoms with E-state index in [-0.39, 0.29) is 5.91 Å². The number of amides is 1. The first-order valence-corrected chi connectivity index (χ1v) is 13.5. The number of nitrogens with one attached hydrogen (secondary N) is 2. The predicted molar refractivity (Wildman–Crippen MR) is 169 cm³/mol. The number of aliphatic imine (C=N–C) groups is 1. The van der Waals surface area contributed by atoms with E-state index < -0.39 is 6.04 Å². The summed E-state index contributed by atoms with van der Waals surface area (Å²) in [7, 11) is 3.42. The SMILES string of the molecule is CN=CC(=CN)c1nc2cc(C)ccn2c1-c1ccc(NC(=O)[C@H](C)NC)nc1C#Cc1ccc2c(C)nccc2c1. The summed E-state index contributed by atoms with van der Waals surface area (Å²) in [6.07, 6.45) is 6.93. The Morgan fingerprint density at radius 1 is 1.10 bits per heavy atom. The molecule has 9 heteroatoms.